The molecule has 146 valence electrons. The van der Waals surface area contributed by atoms with Gasteiger partial charge in [-0.1, -0.05) is 23.4 Å². The predicted molar refractivity (Wildman–Crippen MR) is 107 cm³/mol. The lowest BCUT2D eigenvalue weighted by Gasteiger charge is -2.35. The van der Waals surface area contributed by atoms with Gasteiger partial charge in [0.1, 0.15) is 0 Å². The molecule has 3 aromatic rings. The average molecular weight is 378 g/mol. The van der Waals surface area contributed by atoms with Crippen molar-refractivity contribution in [2.24, 2.45) is 0 Å². The molecule has 1 aliphatic rings. The molecular weight excluding hydrogens is 352 g/mol. The maximum absolute atomic E-state index is 5.81. The highest BCUT2D eigenvalue weighted by Gasteiger charge is 2.22. The first-order chi connectivity index (χ1) is 13.5. The summed E-state index contributed by atoms with van der Waals surface area (Å²) in [4.78, 5) is 11.3. The molecule has 28 heavy (non-hydrogen) atoms. The van der Waals surface area contributed by atoms with Crippen LogP contribution in [0.25, 0.3) is 11.5 Å². The molecule has 3 heterocycles. The summed E-state index contributed by atoms with van der Waals surface area (Å²) in [7, 11) is 0. The monoisotopic (exact) mass is 378 g/mol. The Morgan fingerprint density at radius 3 is 2.39 bits per heavy atom. The van der Waals surface area contributed by atoms with Gasteiger partial charge in [-0.15, -0.1) is 0 Å². The maximum atomic E-state index is 5.81. The van der Waals surface area contributed by atoms with Crippen molar-refractivity contribution in [2.75, 3.05) is 13.1 Å². The van der Waals surface area contributed by atoms with Gasteiger partial charge in [-0.2, -0.15) is 4.98 Å². The second-order valence-electron chi connectivity index (χ2n) is 7.65. The van der Waals surface area contributed by atoms with Crippen LogP contribution in [0.5, 0.6) is 0 Å². The molecule has 1 fully saturated rings. The number of aromatic nitrogens is 3. The van der Waals surface area contributed by atoms with Crippen molar-refractivity contribution < 1.29 is 9.26 Å². The summed E-state index contributed by atoms with van der Waals surface area (Å²) in [6.07, 6.45) is 3.03. The number of hydrogen-bond acceptors (Lipinski definition) is 6. The van der Waals surface area contributed by atoms with Crippen molar-refractivity contribution in [1.82, 2.24) is 20.0 Å². The molecule has 6 nitrogen and oxygen atoms in total. The minimum Gasteiger partial charge on any atom is -0.373 e. The number of nitrogens with zero attached hydrogens (tertiary/aromatic N) is 4. The average Bonchev–Trinajstić information content (AvgIpc) is 3.12. The Labute approximate surface area is 165 Å². The summed E-state index contributed by atoms with van der Waals surface area (Å²) in [5, 5.41) is 4.11. The van der Waals surface area contributed by atoms with Crippen LogP contribution in [-0.2, 0) is 17.7 Å². The van der Waals surface area contributed by atoms with Crippen LogP contribution in [0.1, 0.15) is 36.5 Å². The number of hydrogen-bond donors (Lipinski definition) is 0. The number of pyridine rings is 1. The van der Waals surface area contributed by atoms with Crippen LogP contribution in [0.15, 0.2) is 47.1 Å². The second-order valence-corrected chi connectivity index (χ2v) is 7.65. The zero-order valence-electron chi connectivity index (χ0n) is 16.6. The SMILES string of the molecule is Cc1ccc(Cc2noc(-c3ccc(CN4CC(C)OC(C)C4)cc3)n2)cn1. The van der Waals surface area contributed by atoms with Crippen molar-refractivity contribution in [3.8, 4) is 11.5 Å². The van der Waals surface area contributed by atoms with Crippen molar-refractivity contribution in [3.63, 3.8) is 0 Å². The minimum absolute atomic E-state index is 0.281. The topological polar surface area (TPSA) is 64.3 Å². The summed E-state index contributed by atoms with van der Waals surface area (Å²) in [6.45, 7) is 9.09. The standard InChI is InChI=1S/C22H26N4O2/c1-15-4-5-19(11-23-15)10-21-24-22(28-25-21)20-8-6-18(7-9-20)14-26-12-16(2)27-17(3)13-26/h4-9,11,16-17H,10,12-14H2,1-3H3. The first kappa shape index (κ1) is 18.8. The molecule has 4 rings (SSSR count). The van der Waals surface area contributed by atoms with Crippen molar-refractivity contribution in [3.05, 3.63) is 65.2 Å². The lowest BCUT2D eigenvalue weighted by Crippen LogP contribution is -2.44. The normalized spacial score (nSPS) is 20.4. The van der Waals surface area contributed by atoms with Gasteiger partial charge in [-0.05, 0) is 50.1 Å². The largest absolute Gasteiger partial charge is 0.373 e. The summed E-state index contributed by atoms with van der Waals surface area (Å²) in [5.74, 6) is 1.22. The summed E-state index contributed by atoms with van der Waals surface area (Å²) in [6, 6.07) is 12.4. The summed E-state index contributed by atoms with van der Waals surface area (Å²) in [5.41, 5.74) is 4.28. The number of rotatable bonds is 5. The van der Waals surface area contributed by atoms with Crippen LogP contribution in [-0.4, -0.2) is 45.3 Å². The van der Waals surface area contributed by atoms with Gasteiger partial charge in [0.05, 0.1) is 12.2 Å². The van der Waals surface area contributed by atoms with Gasteiger partial charge in [0.2, 0.25) is 0 Å². The lowest BCUT2D eigenvalue weighted by atomic mass is 10.1. The molecule has 6 heteroatoms. The van der Waals surface area contributed by atoms with E-state index >= 15 is 0 Å². The van der Waals surface area contributed by atoms with Crippen LogP contribution < -0.4 is 0 Å². The van der Waals surface area contributed by atoms with Crippen LogP contribution >= 0.6 is 0 Å². The molecule has 1 aliphatic heterocycles. The van der Waals surface area contributed by atoms with E-state index in [1.165, 1.54) is 5.56 Å². The van der Waals surface area contributed by atoms with E-state index in [4.69, 9.17) is 9.26 Å². The van der Waals surface area contributed by atoms with Gasteiger partial charge in [-0.25, -0.2) is 0 Å². The fourth-order valence-electron chi connectivity index (χ4n) is 3.65. The molecule has 1 aromatic carbocycles. The Balaban J connectivity index is 1.40. The first-order valence-electron chi connectivity index (χ1n) is 9.76. The van der Waals surface area contributed by atoms with Crippen LogP contribution in [0.2, 0.25) is 0 Å². The Hall–Kier alpha value is -2.57. The van der Waals surface area contributed by atoms with E-state index in [2.05, 4.69) is 46.0 Å². The lowest BCUT2D eigenvalue weighted by molar-refractivity contribution is -0.0704. The van der Waals surface area contributed by atoms with Gasteiger partial charge in [0, 0.05) is 43.5 Å². The number of morpholine rings is 1. The second kappa shape index (κ2) is 8.20. The third-order valence-electron chi connectivity index (χ3n) is 4.91. The van der Waals surface area contributed by atoms with Gasteiger partial charge in [0.25, 0.3) is 5.89 Å². The van der Waals surface area contributed by atoms with Gasteiger partial charge in [-0.3, -0.25) is 9.88 Å². The molecule has 0 saturated carbocycles. The highest BCUT2D eigenvalue weighted by molar-refractivity contribution is 5.53. The molecule has 2 atom stereocenters. The fourth-order valence-corrected chi connectivity index (χ4v) is 3.65. The predicted octanol–water partition coefficient (Wildman–Crippen LogP) is 3.64. The van der Waals surface area contributed by atoms with E-state index in [0.717, 1.165) is 36.5 Å². The molecule has 0 aliphatic carbocycles. The third kappa shape index (κ3) is 4.64. The summed E-state index contributed by atoms with van der Waals surface area (Å²) >= 11 is 0. The molecule has 0 amide bonds. The molecule has 2 unspecified atom stereocenters. The number of aryl methyl sites for hydroxylation is 1. The Morgan fingerprint density at radius 2 is 1.71 bits per heavy atom. The highest BCUT2D eigenvalue weighted by Crippen LogP contribution is 2.20. The molecule has 1 saturated heterocycles. The first-order valence-corrected chi connectivity index (χ1v) is 9.76. The van der Waals surface area contributed by atoms with Crippen LogP contribution in [0.3, 0.4) is 0 Å². The third-order valence-corrected chi connectivity index (χ3v) is 4.91. The molecular formula is C22H26N4O2. The van der Waals surface area contributed by atoms with Crippen molar-refractivity contribution in [1.29, 1.82) is 0 Å². The fraction of sp³-hybridized carbons (Fsp3) is 0.409. The summed E-state index contributed by atoms with van der Waals surface area (Å²) < 4.78 is 11.3. The maximum Gasteiger partial charge on any atom is 0.257 e. The van der Waals surface area contributed by atoms with Gasteiger partial charge in [0.15, 0.2) is 5.82 Å². The van der Waals surface area contributed by atoms with Gasteiger partial charge < -0.3 is 9.26 Å². The van der Waals surface area contributed by atoms with E-state index < -0.39 is 0 Å². The van der Waals surface area contributed by atoms with E-state index in [1.54, 1.807) is 0 Å². The number of benzene rings is 1. The van der Waals surface area contributed by atoms with Crippen molar-refractivity contribution in [2.45, 2.75) is 45.9 Å². The van der Waals surface area contributed by atoms with E-state index in [0.29, 0.717) is 18.1 Å². The van der Waals surface area contributed by atoms with E-state index in [9.17, 15) is 0 Å². The quantitative estimate of drug-likeness (QED) is 0.675. The zero-order chi connectivity index (χ0) is 19.5. The smallest absolute Gasteiger partial charge is 0.257 e. The highest BCUT2D eigenvalue weighted by atomic mass is 16.5. The van der Waals surface area contributed by atoms with Gasteiger partial charge >= 0.3 is 0 Å². The van der Waals surface area contributed by atoms with Crippen LogP contribution in [0.4, 0.5) is 0 Å². The number of ether oxygens (including phenoxy) is 1. The van der Waals surface area contributed by atoms with E-state index in [-0.39, 0.29) is 12.2 Å². The minimum atomic E-state index is 0.281. The molecule has 0 bridgehead atoms. The molecule has 0 N–H and O–H groups in total. The Kier molecular flexibility index (Phi) is 5.50. The Bertz CT molecular complexity index is 895. The van der Waals surface area contributed by atoms with E-state index in [1.807, 2.05) is 37.4 Å². The van der Waals surface area contributed by atoms with Crippen molar-refractivity contribution >= 4 is 0 Å². The molecule has 0 radical (unpaired) electrons. The molecule has 2 aromatic heterocycles. The Morgan fingerprint density at radius 1 is 1.00 bits per heavy atom. The van der Waals surface area contributed by atoms with Crippen LogP contribution in [0, 0.1) is 6.92 Å². The zero-order valence-corrected chi connectivity index (χ0v) is 16.6. The molecule has 0 spiro atoms.